The molecule has 0 aromatic rings. The lowest BCUT2D eigenvalue weighted by Gasteiger charge is -2.19. The first-order chi connectivity index (χ1) is 6.70. The molecule has 5 heteroatoms. The molecule has 1 rings (SSSR count). The zero-order chi connectivity index (χ0) is 10.4. The summed E-state index contributed by atoms with van der Waals surface area (Å²) in [5.41, 5.74) is 0. The topological polar surface area (TPSA) is 61.4 Å². The van der Waals surface area contributed by atoms with Crippen LogP contribution >= 0.6 is 0 Å². The van der Waals surface area contributed by atoms with E-state index in [1.807, 2.05) is 0 Å². The molecule has 0 unspecified atom stereocenters. The lowest BCUT2D eigenvalue weighted by atomic mass is 10.4. The summed E-state index contributed by atoms with van der Waals surface area (Å²) in [4.78, 5) is 23.9. The summed E-state index contributed by atoms with van der Waals surface area (Å²) in [7, 11) is 0. The van der Waals surface area contributed by atoms with Crippen molar-refractivity contribution < 1.29 is 9.59 Å². The summed E-state index contributed by atoms with van der Waals surface area (Å²) < 4.78 is 0. The van der Waals surface area contributed by atoms with Crippen molar-refractivity contribution in [1.82, 2.24) is 15.5 Å². The van der Waals surface area contributed by atoms with Gasteiger partial charge in [0, 0.05) is 26.6 Å². The van der Waals surface area contributed by atoms with Crippen molar-refractivity contribution in [3.05, 3.63) is 0 Å². The van der Waals surface area contributed by atoms with Gasteiger partial charge in [-0.25, -0.2) is 0 Å². The molecule has 0 spiro atoms. The molecular weight excluding hydrogens is 182 g/mol. The Morgan fingerprint density at radius 3 is 2.86 bits per heavy atom. The summed E-state index contributed by atoms with van der Waals surface area (Å²) in [6.45, 7) is 4.85. The Labute approximate surface area is 83.8 Å². The van der Waals surface area contributed by atoms with Gasteiger partial charge in [-0.05, 0) is 13.0 Å². The molecule has 2 amide bonds. The predicted octanol–water partition coefficient (Wildman–Crippen LogP) is -1.06. The molecule has 0 aromatic heterocycles. The summed E-state index contributed by atoms with van der Waals surface area (Å²) in [6, 6.07) is 0. The first-order valence-corrected chi connectivity index (χ1v) is 4.93. The number of hydrogen-bond donors (Lipinski definition) is 2. The van der Waals surface area contributed by atoms with E-state index < -0.39 is 0 Å². The highest BCUT2D eigenvalue weighted by molar-refractivity contribution is 5.83. The highest BCUT2D eigenvalue weighted by atomic mass is 16.2. The van der Waals surface area contributed by atoms with Crippen molar-refractivity contribution in [1.29, 1.82) is 0 Å². The monoisotopic (exact) mass is 199 g/mol. The molecule has 0 saturated carbocycles. The summed E-state index contributed by atoms with van der Waals surface area (Å²) in [5.74, 6) is -0.157. The molecule has 1 aliphatic heterocycles. The van der Waals surface area contributed by atoms with Crippen molar-refractivity contribution in [2.24, 2.45) is 0 Å². The molecule has 0 aliphatic carbocycles. The average Bonchev–Trinajstić information content (AvgIpc) is 2.42. The maximum Gasteiger partial charge on any atom is 0.242 e. The van der Waals surface area contributed by atoms with Crippen LogP contribution in [0.2, 0.25) is 0 Å². The van der Waals surface area contributed by atoms with Gasteiger partial charge >= 0.3 is 0 Å². The molecule has 1 saturated heterocycles. The third-order valence-electron chi connectivity index (χ3n) is 2.18. The zero-order valence-electron chi connectivity index (χ0n) is 8.51. The van der Waals surface area contributed by atoms with Gasteiger partial charge < -0.3 is 15.5 Å². The Bertz CT molecular complexity index is 210. The lowest BCUT2D eigenvalue weighted by Crippen LogP contribution is -2.41. The van der Waals surface area contributed by atoms with Crippen molar-refractivity contribution in [3.63, 3.8) is 0 Å². The quantitative estimate of drug-likeness (QED) is 0.596. The van der Waals surface area contributed by atoms with E-state index in [1.165, 1.54) is 6.92 Å². The fourth-order valence-corrected chi connectivity index (χ4v) is 1.41. The van der Waals surface area contributed by atoms with Crippen LogP contribution in [-0.2, 0) is 9.59 Å². The Morgan fingerprint density at radius 1 is 1.36 bits per heavy atom. The maximum atomic E-state index is 11.5. The summed E-state index contributed by atoms with van der Waals surface area (Å²) in [6.07, 6.45) is 0.978. The molecule has 0 bridgehead atoms. The lowest BCUT2D eigenvalue weighted by molar-refractivity contribution is -0.132. The second kappa shape index (κ2) is 5.59. The molecule has 5 nitrogen and oxygen atoms in total. The fourth-order valence-electron chi connectivity index (χ4n) is 1.41. The van der Waals surface area contributed by atoms with Gasteiger partial charge in [-0.1, -0.05) is 0 Å². The van der Waals surface area contributed by atoms with Gasteiger partial charge in [-0.3, -0.25) is 9.59 Å². The predicted molar refractivity (Wildman–Crippen MR) is 52.8 cm³/mol. The standard InChI is InChI=1S/C9H17N3O2/c1-8(13)11-7-9(14)12-5-2-3-10-4-6-12/h10H,2-7H2,1H3,(H,11,13). The molecule has 0 aromatic carbocycles. The minimum atomic E-state index is -0.161. The van der Waals surface area contributed by atoms with Gasteiger partial charge in [0.1, 0.15) is 0 Å². The third kappa shape index (κ3) is 3.74. The molecule has 1 aliphatic rings. The van der Waals surface area contributed by atoms with Crippen LogP contribution < -0.4 is 10.6 Å². The van der Waals surface area contributed by atoms with E-state index in [1.54, 1.807) is 4.90 Å². The van der Waals surface area contributed by atoms with Crippen LogP contribution in [0.3, 0.4) is 0 Å². The van der Waals surface area contributed by atoms with E-state index in [2.05, 4.69) is 10.6 Å². The van der Waals surface area contributed by atoms with Gasteiger partial charge in [0.25, 0.3) is 0 Å². The van der Waals surface area contributed by atoms with Gasteiger partial charge in [0.2, 0.25) is 11.8 Å². The van der Waals surface area contributed by atoms with Crippen molar-refractivity contribution in [3.8, 4) is 0 Å². The molecule has 0 radical (unpaired) electrons. The molecule has 0 atom stereocenters. The average molecular weight is 199 g/mol. The number of amides is 2. The zero-order valence-corrected chi connectivity index (χ0v) is 8.51. The van der Waals surface area contributed by atoms with Gasteiger partial charge in [0.05, 0.1) is 6.54 Å². The van der Waals surface area contributed by atoms with E-state index in [-0.39, 0.29) is 18.4 Å². The molecule has 14 heavy (non-hydrogen) atoms. The van der Waals surface area contributed by atoms with Crippen LogP contribution in [0.25, 0.3) is 0 Å². The van der Waals surface area contributed by atoms with E-state index in [0.717, 1.165) is 32.6 Å². The number of nitrogens with zero attached hydrogens (tertiary/aromatic N) is 1. The Balaban J connectivity index is 2.30. The van der Waals surface area contributed by atoms with Crippen molar-refractivity contribution in [2.75, 3.05) is 32.7 Å². The Morgan fingerprint density at radius 2 is 2.14 bits per heavy atom. The van der Waals surface area contributed by atoms with Crippen LogP contribution in [0.5, 0.6) is 0 Å². The number of rotatable bonds is 2. The van der Waals surface area contributed by atoms with Crippen molar-refractivity contribution in [2.45, 2.75) is 13.3 Å². The van der Waals surface area contributed by atoms with Gasteiger partial charge in [-0.15, -0.1) is 0 Å². The Hall–Kier alpha value is -1.10. The maximum absolute atomic E-state index is 11.5. The second-order valence-corrected chi connectivity index (χ2v) is 3.39. The van der Waals surface area contributed by atoms with E-state index >= 15 is 0 Å². The minimum absolute atomic E-state index is 0.00361. The van der Waals surface area contributed by atoms with Crippen LogP contribution in [-0.4, -0.2) is 49.4 Å². The first-order valence-electron chi connectivity index (χ1n) is 4.93. The minimum Gasteiger partial charge on any atom is -0.347 e. The molecule has 1 fully saturated rings. The van der Waals surface area contributed by atoms with E-state index in [4.69, 9.17) is 0 Å². The first kappa shape index (κ1) is 11.0. The highest BCUT2D eigenvalue weighted by Gasteiger charge is 2.14. The Kier molecular flexibility index (Phi) is 4.39. The van der Waals surface area contributed by atoms with Crippen LogP contribution in [0, 0.1) is 0 Å². The molecule has 2 N–H and O–H groups in total. The molecular formula is C9H17N3O2. The summed E-state index contributed by atoms with van der Waals surface area (Å²) in [5, 5.41) is 5.73. The number of carbonyl (C=O) groups is 2. The molecule has 1 heterocycles. The van der Waals surface area contributed by atoms with Crippen molar-refractivity contribution >= 4 is 11.8 Å². The number of hydrogen-bond acceptors (Lipinski definition) is 3. The van der Waals surface area contributed by atoms with Crippen LogP contribution in [0.4, 0.5) is 0 Å². The third-order valence-corrected chi connectivity index (χ3v) is 2.18. The van der Waals surface area contributed by atoms with Gasteiger partial charge in [-0.2, -0.15) is 0 Å². The normalized spacial score (nSPS) is 17.4. The van der Waals surface area contributed by atoms with E-state index in [0.29, 0.717) is 0 Å². The summed E-state index contributed by atoms with van der Waals surface area (Å²) >= 11 is 0. The second-order valence-electron chi connectivity index (χ2n) is 3.39. The largest absolute Gasteiger partial charge is 0.347 e. The van der Waals surface area contributed by atoms with E-state index in [9.17, 15) is 9.59 Å². The number of nitrogens with one attached hydrogen (secondary N) is 2. The fraction of sp³-hybridized carbons (Fsp3) is 0.778. The number of carbonyl (C=O) groups excluding carboxylic acids is 2. The smallest absolute Gasteiger partial charge is 0.242 e. The molecule has 80 valence electrons. The van der Waals surface area contributed by atoms with Crippen LogP contribution in [0.1, 0.15) is 13.3 Å². The highest BCUT2D eigenvalue weighted by Crippen LogP contribution is 1.95. The SMILES string of the molecule is CC(=O)NCC(=O)N1CCCNCC1. The van der Waals surface area contributed by atoms with Gasteiger partial charge in [0.15, 0.2) is 0 Å². The van der Waals surface area contributed by atoms with Crippen LogP contribution in [0.15, 0.2) is 0 Å².